The van der Waals surface area contributed by atoms with E-state index in [1.165, 1.54) is 4.90 Å². The van der Waals surface area contributed by atoms with Crippen molar-refractivity contribution in [3.63, 3.8) is 0 Å². The normalized spacial score (nSPS) is 12.7. The predicted molar refractivity (Wildman–Crippen MR) is 67.8 cm³/mol. The van der Waals surface area contributed by atoms with Crippen LogP contribution in [0.15, 0.2) is 10.5 Å². The molecule has 1 N–H and O–H groups in total. The van der Waals surface area contributed by atoms with E-state index in [1.54, 1.807) is 27.8 Å². The van der Waals surface area contributed by atoms with Crippen LogP contribution in [0.2, 0.25) is 0 Å². The van der Waals surface area contributed by atoms with E-state index in [-0.39, 0.29) is 12.6 Å². The number of nitrogens with one attached hydrogen (secondary N) is 1. The van der Waals surface area contributed by atoms with Gasteiger partial charge in [-0.05, 0) is 33.9 Å². The molecule has 0 saturated carbocycles. The van der Waals surface area contributed by atoms with Gasteiger partial charge in [0.2, 0.25) is 0 Å². The fourth-order valence-corrected chi connectivity index (χ4v) is 1.88. The van der Waals surface area contributed by atoms with Gasteiger partial charge in [0.25, 0.3) is 0 Å². The van der Waals surface area contributed by atoms with Gasteiger partial charge in [-0.25, -0.2) is 0 Å². The average Bonchev–Trinajstić information content (AvgIpc) is 2.57. The van der Waals surface area contributed by atoms with Crippen molar-refractivity contribution < 1.29 is 17.6 Å². The monoisotopic (exact) mass is 278 g/mol. The molecule has 0 amide bonds. The van der Waals surface area contributed by atoms with Gasteiger partial charge in [-0.1, -0.05) is 0 Å². The maximum atomic E-state index is 12.5. The molecule has 0 radical (unpaired) electrons. The molecule has 0 spiro atoms. The molecule has 1 rings (SSSR count). The molecule has 1 heterocycles. The zero-order chi connectivity index (χ0) is 14.6. The molecule has 0 fully saturated rings. The van der Waals surface area contributed by atoms with E-state index in [4.69, 9.17) is 4.42 Å². The Labute approximate surface area is 111 Å². The number of aryl methyl sites for hydroxylation is 1. The highest BCUT2D eigenvalue weighted by Crippen LogP contribution is 2.22. The molecule has 0 bridgehead atoms. The van der Waals surface area contributed by atoms with Gasteiger partial charge in [-0.15, -0.1) is 0 Å². The van der Waals surface area contributed by atoms with Gasteiger partial charge in [-0.3, -0.25) is 4.90 Å². The molecular formula is C13H21F3N2O. The second-order valence-electron chi connectivity index (χ2n) is 4.94. The summed E-state index contributed by atoms with van der Waals surface area (Å²) in [5.41, 5.74) is 0.809. The van der Waals surface area contributed by atoms with E-state index in [9.17, 15) is 13.2 Å². The molecule has 1 aromatic heterocycles. The minimum atomic E-state index is -4.18. The van der Waals surface area contributed by atoms with E-state index in [2.05, 4.69) is 5.32 Å². The second kappa shape index (κ2) is 6.43. The van der Waals surface area contributed by atoms with Crippen molar-refractivity contribution in [3.8, 4) is 0 Å². The fraction of sp³-hybridized carbons (Fsp3) is 0.692. The van der Waals surface area contributed by atoms with Crippen molar-refractivity contribution in [3.05, 3.63) is 23.2 Å². The standard InChI is InChI=1S/C13H21F3N2O/c1-9(2)18(8-13(14,15)16)7-11-5-12(6-17-4)19-10(11)3/h5,9,17H,6-8H2,1-4H3. The van der Waals surface area contributed by atoms with Crippen LogP contribution in [0.3, 0.4) is 0 Å². The second-order valence-corrected chi connectivity index (χ2v) is 4.94. The van der Waals surface area contributed by atoms with Crippen LogP contribution in [0.5, 0.6) is 0 Å². The first-order valence-corrected chi connectivity index (χ1v) is 6.26. The highest BCUT2D eigenvalue weighted by molar-refractivity contribution is 5.20. The number of halogens is 3. The topological polar surface area (TPSA) is 28.4 Å². The molecule has 3 nitrogen and oxygen atoms in total. The molecule has 0 atom stereocenters. The fourth-order valence-electron chi connectivity index (χ4n) is 1.88. The lowest BCUT2D eigenvalue weighted by Crippen LogP contribution is -2.38. The van der Waals surface area contributed by atoms with Gasteiger partial charge in [0.05, 0.1) is 13.1 Å². The van der Waals surface area contributed by atoms with Crippen molar-refractivity contribution in [2.24, 2.45) is 0 Å². The first kappa shape index (κ1) is 16.0. The van der Waals surface area contributed by atoms with Gasteiger partial charge in [0.15, 0.2) is 0 Å². The Morgan fingerprint density at radius 1 is 1.37 bits per heavy atom. The third-order valence-electron chi connectivity index (χ3n) is 2.91. The van der Waals surface area contributed by atoms with Crippen molar-refractivity contribution in [1.29, 1.82) is 0 Å². The summed E-state index contributed by atoms with van der Waals surface area (Å²) in [6.45, 7) is 5.21. The minimum Gasteiger partial charge on any atom is -0.465 e. The highest BCUT2D eigenvalue weighted by Gasteiger charge is 2.32. The number of rotatable bonds is 6. The van der Waals surface area contributed by atoms with Crippen LogP contribution in [0, 0.1) is 6.92 Å². The Balaban J connectivity index is 2.79. The molecule has 6 heteroatoms. The predicted octanol–water partition coefficient (Wildman–Crippen LogP) is 3.08. The molecule has 0 saturated heterocycles. The summed E-state index contributed by atoms with van der Waals surface area (Å²) in [5.74, 6) is 1.42. The maximum Gasteiger partial charge on any atom is 0.401 e. The Bertz CT molecular complexity index is 399. The molecule has 1 aromatic rings. The molecule has 19 heavy (non-hydrogen) atoms. The Kier molecular flexibility index (Phi) is 5.43. The molecule has 0 unspecified atom stereocenters. The molecule has 0 aliphatic rings. The zero-order valence-corrected chi connectivity index (χ0v) is 11.8. The smallest absolute Gasteiger partial charge is 0.401 e. The summed E-state index contributed by atoms with van der Waals surface area (Å²) in [7, 11) is 1.79. The van der Waals surface area contributed by atoms with Crippen molar-refractivity contribution in [2.45, 2.75) is 46.1 Å². The minimum absolute atomic E-state index is 0.177. The van der Waals surface area contributed by atoms with Crippen LogP contribution < -0.4 is 5.32 Å². The number of hydrogen-bond acceptors (Lipinski definition) is 3. The van der Waals surface area contributed by atoms with E-state index < -0.39 is 12.7 Å². The highest BCUT2D eigenvalue weighted by atomic mass is 19.4. The van der Waals surface area contributed by atoms with E-state index >= 15 is 0 Å². The largest absolute Gasteiger partial charge is 0.465 e. The maximum absolute atomic E-state index is 12.5. The first-order valence-electron chi connectivity index (χ1n) is 6.26. The lowest BCUT2D eigenvalue weighted by atomic mass is 10.2. The summed E-state index contributed by atoms with van der Waals surface area (Å²) in [4.78, 5) is 1.39. The summed E-state index contributed by atoms with van der Waals surface area (Å²) >= 11 is 0. The summed E-state index contributed by atoms with van der Waals surface area (Å²) in [6.07, 6.45) is -4.18. The van der Waals surface area contributed by atoms with Crippen molar-refractivity contribution >= 4 is 0 Å². The molecular weight excluding hydrogens is 257 g/mol. The van der Waals surface area contributed by atoms with E-state index in [1.807, 2.05) is 6.07 Å². The Morgan fingerprint density at radius 2 is 2.00 bits per heavy atom. The molecule has 0 aliphatic heterocycles. The van der Waals surface area contributed by atoms with Crippen molar-refractivity contribution in [2.75, 3.05) is 13.6 Å². The summed E-state index contributed by atoms with van der Waals surface area (Å²) in [5, 5.41) is 2.95. The van der Waals surface area contributed by atoms with Crippen LogP contribution >= 0.6 is 0 Å². The Hall–Kier alpha value is -1.01. The third-order valence-corrected chi connectivity index (χ3v) is 2.91. The van der Waals surface area contributed by atoms with Crippen LogP contribution in [-0.4, -0.2) is 30.7 Å². The average molecular weight is 278 g/mol. The molecule has 110 valence electrons. The van der Waals surface area contributed by atoms with E-state index in [0.717, 1.165) is 11.3 Å². The number of nitrogens with zero attached hydrogens (tertiary/aromatic N) is 1. The van der Waals surface area contributed by atoms with Gasteiger partial charge < -0.3 is 9.73 Å². The summed E-state index contributed by atoms with van der Waals surface area (Å²) in [6, 6.07) is 1.64. The van der Waals surface area contributed by atoms with Crippen LogP contribution in [-0.2, 0) is 13.1 Å². The lowest BCUT2D eigenvalue weighted by Gasteiger charge is -2.27. The van der Waals surface area contributed by atoms with Crippen LogP contribution in [0.1, 0.15) is 30.9 Å². The zero-order valence-electron chi connectivity index (χ0n) is 11.8. The first-order chi connectivity index (χ1) is 8.73. The van der Waals surface area contributed by atoms with Gasteiger partial charge >= 0.3 is 6.18 Å². The summed E-state index contributed by atoms with van der Waals surface area (Å²) < 4.78 is 43.1. The Morgan fingerprint density at radius 3 is 2.47 bits per heavy atom. The van der Waals surface area contributed by atoms with Gasteiger partial charge in [-0.2, -0.15) is 13.2 Å². The van der Waals surface area contributed by atoms with E-state index in [0.29, 0.717) is 12.3 Å². The third kappa shape index (κ3) is 5.24. The SMILES string of the molecule is CNCc1cc(CN(CC(F)(F)F)C(C)C)c(C)o1. The van der Waals surface area contributed by atoms with Crippen LogP contribution in [0.25, 0.3) is 0 Å². The lowest BCUT2D eigenvalue weighted by molar-refractivity contribution is -0.150. The molecule has 0 aliphatic carbocycles. The quantitative estimate of drug-likeness (QED) is 0.867. The van der Waals surface area contributed by atoms with Crippen molar-refractivity contribution in [1.82, 2.24) is 10.2 Å². The molecule has 0 aromatic carbocycles. The van der Waals surface area contributed by atoms with Gasteiger partial charge in [0, 0.05) is 18.2 Å². The van der Waals surface area contributed by atoms with Crippen LogP contribution in [0.4, 0.5) is 13.2 Å². The number of furan rings is 1. The number of hydrogen-bond donors (Lipinski definition) is 1. The van der Waals surface area contributed by atoms with Gasteiger partial charge in [0.1, 0.15) is 11.5 Å². The number of alkyl halides is 3.